The van der Waals surface area contributed by atoms with E-state index in [1.807, 2.05) is 25.1 Å². The largest absolute Gasteiger partial charge is 0.322 e. The summed E-state index contributed by atoms with van der Waals surface area (Å²) < 4.78 is 0. The van der Waals surface area contributed by atoms with Crippen LogP contribution >= 0.6 is 11.6 Å². The van der Waals surface area contributed by atoms with E-state index in [1.165, 1.54) is 6.21 Å². The highest BCUT2D eigenvalue weighted by Gasteiger charge is 2.09. The standard InChI is InChI=1S/C22H18ClN3O2/c1-15-9-11-17(12-10-15)21(27)26-24-14-16-5-4-6-18(13-16)25-22(28)19-7-2-3-8-20(19)23/h2-14H,1H3,(H,25,28)(H,26,27)/b24-14-. The smallest absolute Gasteiger partial charge is 0.271 e. The van der Waals surface area contributed by atoms with Gasteiger partial charge in [0.05, 0.1) is 16.8 Å². The number of nitrogens with one attached hydrogen (secondary N) is 2. The third kappa shape index (κ3) is 5.05. The Balaban J connectivity index is 1.63. The Bertz CT molecular complexity index is 1030. The van der Waals surface area contributed by atoms with Crippen LogP contribution in [0.5, 0.6) is 0 Å². The molecule has 0 aliphatic heterocycles. The highest BCUT2D eigenvalue weighted by atomic mass is 35.5. The third-order valence-corrected chi connectivity index (χ3v) is 4.29. The number of hydrazone groups is 1. The van der Waals surface area contributed by atoms with Crippen molar-refractivity contribution >= 4 is 35.3 Å². The van der Waals surface area contributed by atoms with Gasteiger partial charge in [-0.15, -0.1) is 0 Å². The number of amides is 2. The van der Waals surface area contributed by atoms with E-state index < -0.39 is 0 Å². The van der Waals surface area contributed by atoms with Crippen LogP contribution in [0.1, 0.15) is 31.8 Å². The summed E-state index contributed by atoms with van der Waals surface area (Å²) >= 11 is 6.05. The highest BCUT2D eigenvalue weighted by Crippen LogP contribution is 2.17. The number of carbonyl (C=O) groups excluding carboxylic acids is 2. The number of hydrogen-bond donors (Lipinski definition) is 2. The summed E-state index contributed by atoms with van der Waals surface area (Å²) in [5, 5.41) is 7.16. The monoisotopic (exact) mass is 391 g/mol. The number of aryl methyl sites for hydroxylation is 1. The summed E-state index contributed by atoms with van der Waals surface area (Å²) in [6.07, 6.45) is 1.51. The molecule has 0 aliphatic carbocycles. The van der Waals surface area contributed by atoms with Gasteiger partial charge in [-0.3, -0.25) is 9.59 Å². The number of benzene rings is 3. The lowest BCUT2D eigenvalue weighted by Crippen LogP contribution is -2.17. The third-order valence-electron chi connectivity index (χ3n) is 3.96. The lowest BCUT2D eigenvalue weighted by Gasteiger charge is -2.07. The normalized spacial score (nSPS) is 10.6. The van der Waals surface area contributed by atoms with E-state index in [-0.39, 0.29) is 11.8 Å². The van der Waals surface area contributed by atoms with Gasteiger partial charge in [0.2, 0.25) is 0 Å². The molecule has 0 saturated carbocycles. The Morgan fingerprint density at radius 1 is 0.929 bits per heavy atom. The highest BCUT2D eigenvalue weighted by molar-refractivity contribution is 6.34. The van der Waals surface area contributed by atoms with E-state index in [0.717, 1.165) is 11.1 Å². The molecule has 3 rings (SSSR count). The van der Waals surface area contributed by atoms with Crippen LogP contribution in [0, 0.1) is 6.92 Å². The van der Waals surface area contributed by atoms with Crippen LogP contribution in [0.4, 0.5) is 5.69 Å². The molecule has 0 bridgehead atoms. The zero-order valence-electron chi connectivity index (χ0n) is 15.1. The molecule has 0 spiro atoms. The van der Waals surface area contributed by atoms with E-state index in [9.17, 15) is 9.59 Å². The Morgan fingerprint density at radius 3 is 2.43 bits per heavy atom. The summed E-state index contributed by atoms with van der Waals surface area (Å²) in [6, 6.07) is 21.1. The summed E-state index contributed by atoms with van der Waals surface area (Å²) in [5.41, 5.74) is 5.81. The second-order valence-corrected chi connectivity index (χ2v) is 6.53. The second-order valence-electron chi connectivity index (χ2n) is 6.12. The van der Waals surface area contributed by atoms with Crippen molar-refractivity contribution in [1.29, 1.82) is 0 Å². The predicted molar refractivity (Wildman–Crippen MR) is 112 cm³/mol. The lowest BCUT2D eigenvalue weighted by atomic mass is 10.1. The summed E-state index contributed by atoms with van der Waals surface area (Å²) in [5.74, 6) is -0.591. The Morgan fingerprint density at radius 2 is 1.68 bits per heavy atom. The maximum atomic E-state index is 12.3. The first-order chi connectivity index (χ1) is 13.5. The van der Waals surface area contributed by atoms with E-state index in [2.05, 4.69) is 15.8 Å². The van der Waals surface area contributed by atoms with Crippen molar-refractivity contribution in [3.63, 3.8) is 0 Å². The predicted octanol–water partition coefficient (Wildman–Crippen LogP) is 4.66. The van der Waals surface area contributed by atoms with Crippen LogP contribution in [0.2, 0.25) is 5.02 Å². The van der Waals surface area contributed by atoms with Gasteiger partial charge in [0, 0.05) is 11.3 Å². The first-order valence-corrected chi connectivity index (χ1v) is 8.97. The topological polar surface area (TPSA) is 70.6 Å². The van der Waals surface area contributed by atoms with E-state index in [0.29, 0.717) is 21.8 Å². The Hall–Kier alpha value is -3.44. The molecular weight excluding hydrogens is 374 g/mol. The van der Waals surface area contributed by atoms with E-state index >= 15 is 0 Å². The van der Waals surface area contributed by atoms with Crippen molar-refractivity contribution < 1.29 is 9.59 Å². The summed E-state index contributed by atoms with van der Waals surface area (Å²) in [4.78, 5) is 24.4. The second kappa shape index (κ2) is 8.97. The molecule has 2 amide bonds. The maximum Gasteiger partial charge on any atom is 0.271 e. The first kappa shape index (κ1) is 19.3. The molecule has 0 aromatic heterocycles. The number of halogens is 1. The SMILES string of the molecule is Cc1ccc(C(=O)N/N=C\c2cccc(NC(=O)c3ccccc3Cl)c2)cc1. The van der Waals surface area contributed by atoms with E-state index in [1.54, 1.807) is 54.6 Å². The van der Waals surface area contributed by atoms with E-state index in [4.69, 9.17) is 11.6 Å². The molecule has 0 saturated heterocycles. The van der Waals surface area contributed by atoms with Crippen molar-refractivity contribution in [2.24, 2.45) is 5.10 Å². The molecular formula is C22H18ClN3O2. The summed E-state index contributed by atoms with van der Waals surface area (Å²) in [6.45, 7) is 1.96. The van der Waals surface area contributed by atoms with Crippen molar-refractivity contribution in [2.45, 2.75) is 6.92 Å². The van der Waals surface area contributed by atoms with Gasteiger partial charge in [0.15, 0.2) is 0 Å². The molecule has 3 aromatic carbocycles. The van der Waals surface area contributed by atoms with Gasteiger partial charge in [-0.05, 0) is 48.9 Å². The molecule has 28 heavy (non-hydrogen) atoms. The number of anilines is 1. The maximum absolute atomic E-state index is 12.3. The van der Waals surface area contributed by atoms with Gasteiger partial charge >= 0.3 is 0 Å². The van der Waals surface area contributed by atoms with Gasteiger partial charge in [0.25, 0.3) is 11.8 Å². The minimum atomic E-state index is -0.299. The average molecular weight is 392 g/mol. The number of hydrogen-bond acceptors (Lipinski definition) is 3. The van der Waals surface area contributed by atoms with Crippen molar-refractivity contribution in [3.05, 3.63) is 100 Å². The van der Waals surface area contributed by atoms with Gasteiger partial charge < -0.3 is 5.32 Å². The van der Waals surface area contributed by atoms with Crippen LogP contribution in [0.25, 0.3) is 0 Å². The van der Waals surface area contributed by atoms with Gasteiger partial charge in [-0.1, -0.05) is 53.6 Å². The molecule has 0 aliphatic rings. The van der Waals surface area contributed by atoms with Gasteiger partial charge in [0.1, 0.15) is 0 Å². The number of rotatable bonds is 5. The molecule has 0 fully saturated rings. The minimum Gasteiger partial charge on any atom is -0.322 e. The van der Waals surface area contributed by atoms with Crippen LogP contribution in [-0.4, -0.2) is 18.0 Å². The summed E-state index contributed by atoms with van der Waals surface area (Å²) in [7, 11) is 0. The molecule has 0 unspecified atom stereocenters. The van der Waals surface area contributed by atoms with Crippen LogP contribution < -0.4 is 10.7 Å². The fourth-order valence-electron chi connectivity index (χ4n) is 2.48. The molecule has 140 valence electrons. The number of nitrogens with zero attached hydrogens (tertiary/aromatic N) is 1. The molecule has 0 heterocycles. The Kier molecular flexibility index (Phi) is 6.19. The molecule has 5 nitrogen and oxygen atoms in total. The van der Waals surface area contributed by atoms with Crippen LogP contribution in [-0.2, 0) is 0 Å². The molecule has 0 radical (unpaired) electrons. The molecule has 0 atom stereocenters. The number of carbonyl (C=O) groups is 2. The fourth-order valence-corrected chi connectivity index (χ4v) is 2.70. The fraction of sp³-hybridized carbons (Fsp3) is 0.0455. The van der Waals surface area contributed by atoms with Crippen LogP contribution in [0.3, 0.4) is 0 Å². The van der Waals surface area contributed by atoms with Crippen molar-refractivity contribution in [2.75, 3.05) is 5.32 Å². The quantitative estimate of drug-likeness (QED) is 0.490. The van der Waals surface area contributed by atoms with Crippen molar-refractivity contribution in [3.8, 4) is 0 Å². The van der Waals surface area contributed by atoms with Crippen LogP contribution in [0.15, 0.2) is 77.9 Å². The minimum absolute atomic E-state index is 0.292. The molecule has 6 heteroatoms. The zero-order valence-corrected chi connectivity index (χ0v) is 15.9. The van der Waals surface area contributed by atoms with Crippen molar-refractivity contribution in [1.82, 2.24) is 5.43 Å². The molecule has 2 N–H and O–H groups in total. The first-order valence-electron chi connectivity index (χ1n) is 8.59. The lowest BCUT2D eigenvalue weighted by molar-refractivity contribution is 0.0954. The average Bonchev–Trinajstić information content (AvgIpc) is 2.69. The Labute approximate surface area is 168 Å². The zero-order chi connectivity index (χ0) is 19.9. The molecule has 3 aromatic rings. The van der Waals surface area contributed by atoms with Gasteiger partial charge in [-0.25, -0.2) is 5.43 Å². The van der Waals surface area contributed by atoms with Gasteiger partial charge in [-0.2, -0.15) is 5.10 Å².